The van der Waals surface area contributed by atoms with E-state index in [2.05, 4.69) is 161 Å². The first-order valence-electron chi connectivity index (χ1n) is 15.4. The summed E-state index contributed by atoms with van der Waals surface area (Å²) in [6, 6.07) is 56.5. The molecule has 0 radical (unpaired) electrons. The third kappa shape index (κ3) is 3.46. The van der Waals surface area contributed by atoms with Gasteiger partial charge in [0.2, 0.25) is 0 Å². The van der Waals surface area contributed by atoms with Gasteiger partial charge in [-0.25, -0.2) is 0 Å². The molecule has 0 fully saturated rings. The largest absolute Gasteiger partial charge is 0.456 e. The average Bonchev–Trinajstić information content (AvgIpc) is 3.76. The fraction of sp³-hybridized carbons (Fsp3) is 0. The second-order valence-corrected chi connectivity index (χ2v) is 11.8. The Labute approximate surface area is 258 Å². The van der Waals surface area contributed by atoms with E-state index in [0.717, 1.165) is 33.3 Å². The Morgan fingerprint density at radius 1 is 0.356 bits per heavy atom. The zero-order valence-corrected chi connectivity index (χ0v) is 24.3. The highest BCUT2D eigenvalue weighted by molar-refractivity contribution is 6.24. The van der Waals surface area contributed by atoms with Crippen LogP contribution < -0.4 is 0 Å². The molecule has 45 heavy (non-hydrogen) atoms. The quantitative estimate of drug-likeness (QED) is 0.206. The minimum absolute atomic E-state index is 0.905. The van der Waals surface area contributed by atoms with Gasteiger partial charge in [0.05, 0.1) is 27.5 Å². The summed E-state index contributed by atoms with van der Waals surface area (Å²) in [5.41, 5.74) is 11.2. The SMILES string of the molecule is c1cc(-c2cccc(-n3c4ccccc4c4ccc5oc6ccccc6c5c43)c2)cc(-n2c3ccccc3c3ccccc32)c1. The molecule has 0 unspecified atom stereocenters. The molecule has 0 amide bonds. The smallest absolute Gasteiger partial charge is 0.137 e. The van der Waals surface area contributed by atoms with Gasteiger partial charge in [-0.05, 0) is 71.8 Å². The lowest BCUT2D eigenvalue weighted by atomic mass is 10.0. The fourth-order valence-corrected chi connectivity index (χ4v) is 7.38. The van der Waals surface area contributed by atoms with E-state index in [1.54, 1.807) is 0 Å². The molecular weight excluding hydrogens is 548 g/mol. The second kappa shape index (κ2) is 9.22. The Morgan fingerprint density at radius 2 is 0.867 bits per heavy atom. The molecule has 10 aromatic rings. The van der Waals surface area contributed by atoms with Crippen LogP contribution in [0.5, 0.6) is 0 Å². The van der Waals surface area contributed by atoms with Crippen LogP contribution in [0.15, 0.2) is 162 Å². The van der Waals surface area contributed by atoms with Gasteiger partial charge >= 0.3 is 0 Å². The van der Waals surface area contributed by atoms with Crippen molar-refractivity contribution in [2.45, 2.75) is 0 Å². The van der Waals surface area contributed by atoms with Crippen LogP contribution in [0.3, 0.4) is 0 Å². The first-order valence-corrected chi connectivity index (χ1v) is 15.4. The molecule has 3 heterocycles. The van der Waals surface area contributed by atoms with Crippen LogP contribution in [-0.2, 0) is 0 Å². The zero-order chi connectivity index (χ0) is 29.5. The number of hydrogen-bond acceptors (Lipinski definition) is 1. The van der Waals surface area contributed by atoms with Gasteiger partial charge in [0.15, 0.2) is 0 Å². The van der Waals surface area contributed by atoms with Crippen LogP contribution in [0.2, 0.25) is 0 Å². The van der Waals surface area contributed by atoms with Crippen molar-refractivity contribution in [3.8, 4) is 22.5 Å². The Kier molecular flexibility index (Phi) is 5.00. The summed E-state index contributed by atoms with van der Waals surface area (Å²) in [7, 11) is 0. The molecule has 0 bridgehead atoms. The number of hydrogen-bond donors (Lipinski definition) is 0. The van der Waals surface area contributed by atoms with Crippen molar-refractivity contribution in [3.05, 3.63) is 158 Å². The predicted molar refractivity (Wildman–Crippen MR) is 188 cm³/mol. The van der Waals surface area contributed by atoms with Gasteiger partial charge in [0.25, 0.3) is 0 Å². The lowest BCUT2D eigenvalue weighted by molar-refractivity contribution is 0.669. The average molecular weight is 575 g/mol. The molecule has 0 aliphatic carbocycles. The number of fused-ring (bicyclic) bond motifs is 10. The van der Waals surface area contributed by atoms with Gasteiger partial charge in [-0.15, -0.1) is 0 Å². The van der Waals surface area contributed by atoms with Gasteiger partial charge in [-0.2, -0.15) is 0 Å². The monoisotopic (exact) mass is 574 g/mol. The molecule has 3 nitrogen and oxygen atoms in total. The third-order valence-electron chi connectivity index (χ3n) is 9.30. The molecule has 0 N–H and O–H groups in total. The number of para-hydroxylation sites is 4. The topological polar surface area (TPSA) is 23.0 Å². The lowest BCUT2D eigenvalue weighted by Crippen LogP contribution is -1.96. The number of rotatable bonds is 3. The van der Waals surface area contributed by atoms with Crippen LogP contribution in [0.1, 0.15) is 0 Å². The molecule has 0 atom stereocenters. The summed E-state index contributed by atoms with van der Waals surface area (Å²) in [6.07, 6.45) is 0. The normalized spacial score (nSPS) is 12.0. The minimum atomic E-state index is 0.905. The zero-order valence-electron chi connectivity index (χ0n) is 24.3. The molecule has 0 saturated carbocycles. The van der Waals surface area contributed by atoms with Crippen LogP contribution in [0.4, 0.5) is 0 Å². The maximum absolute atomic E-state index is 6.33. The maximum Gasteiger partial charge on any atom is 0.137 e. The summed E-state index contributed by atoms with van der Waals surface area (Å²) in [6.45, 7) is 0. The van der Waals surface area contributed by atoms with Crippen molar-refractivity contribution in [3.63, 3.8) is 0 Å². The molecule has 0 spiro atoms. The van der Waals surface area contributed by atoms with E-state index in [1.165, 1.54) is 54.7 Å². The highest BCUT2D eigenvalue weighted by Crippen LogP contribution is 2.41. The van der Waals surface area contributed by atoms with E-state index >= 15 is 0 Å². The highest BCUT2D eigenvalue weighted by atomic mass is 16.3. The Hall–Kier alpha value is -6.06. The van der Waals surface area contributed by atoms with Crippen molar-refractivity contribution in [2.24, 2.45) is 0 Å². The van der Waals surface area contributed by atoms with E-state index in [4.69, 9.17) is 4.42 Å². The molecule has 7 aromatic carbocycles. The van der Waals surface area contributed by atoms with Gasteiger partial charge in [-0.1, -0.05) is 97.1 Å². The molecule has 0 saturated heterocycles. The molecule has 3 aromatic heterocycles. The Bertz CT molecular complexity index is 2720. The minimum Gasteiger partial charge on any atom is -0.456 e. The summed E-state index contributed by atoms with van der Waals surface area (Å²) >= 11 is 0. The maximum atomic E-state index is 6.33. The fourth-order valence-electron chi connectivity index (χ4n) is 7.38. The summed E-state index contributed by atoms with van der Waals surface area (Å²) < 4.78 is 11.1. The predicted octanol–water partition coefficient (Wildman–Crippen LogP) is 11.4. The molecule has 0 aliphatic heterocycles. The lowest BCUT2D eigenvalue weighted by Gasteiger charge is -2.13. The van der Waals surface area contributed by atoms with Crippen molar-refractivity contribution >= 4 is 65.6 Å². The van der Waals surface area contributed by atoms with Crippen molar-refractivity contribution in [1.82, 2.24) is 9.13 Å². The van der Waals surface area contributed by atoms with E-state index in [1.807, 2.05) is 6.07 Å². The first-order chi connectivity index (χ1) is 22.3. The molecule has 10 rings (SSSR count). The van der Waals surface area contributed by atoms with E-state index < -0.39 is 0 Å². The van der Waals surface area contributed by atoms with E-state index in [9.17, 15) is 0 Å². The number of furan rings is 1. The number of benzene rings is 7. The van der Waals surface area contributed by atoms with Gasteiger partial charge in [-0.3, -0.25) is 0 Å². The first kappa shape index (κ1) is 24.4. The standard InChI is InChI=1S/C42H26N2O/c1-5-19-36-31(15-1)32-16-2-6-20-37(32)43(36)29-13-9-11-27(25-29)28-12-10-14-30(26-28)44-38-21-7-3-17-33(38)34-23-24-40-41(42(34)44)35-18-4-8-22-39(35)45-40/h1-26H. The van der Waals surface area contributed by atoms with Gasteiger partial charge in [0.1, 0.15) is 11.2 Å². The van der Waals surface area contributed by atoms with E-state index in [-0.39, 0.29) is 0 Å². The van der Waals surface area contributed by atoms with Crippen molar-refractivity contribution < 1.29 is 4.42 Å². The molecular formula is C42H26N2O. The van der Waals surface area contributed by atoms with Crippen molar-refractivity contribution in [1.29, 1.82) is 0 Å². The summed E-state index contributed by atoms with van der Waals surface area (Å²) in [4.78, 5) is 0. The van der Waals surface area contributed by atoms with Crippen LogP contribution in [0.25, 0.3) is 88.1 Å². The molecule has 0 aliphatic rings. The molecule has 3 heteroatoms. The Morgan fingerprint density at radius 3 is 1.51 bits per heavy atom. The second-order valence-electron chi connectivity index (χ2n) is 11.8. The van der Waals surface area contributed by atoms with Crippen LogP contribution in [0, 0.1) is 0 Å². The van der Waals surface area contributed by atoms with Crippen LogP contribution >= 0.6 is 0 Å². The van der Waals surface area contributed by atoms with Gasteiger partial charge in [0, 0.05) is 38.3 Å². The third-order valence-corrected chi connectivity index (χ3v) is 9.30. The van der Waals surface area contributed by atoms with Gasteiger partial charge < -0.3 is 13.6 Å². The van der Waals surface area contributed by atoms with Crippen molar-refractivity contribution in [2.75, 3.05) is 0 Å². The summed E-state index contributed by atoms with van der Waals surface area (Å²) in [5, 5.41) is 7.28. The van der Waals surface area contributed by atoms with Crippen LogP contribution in [-0.4, -0.2) is 9.13 Å². The number of nitrogens with zero attached hydrogens (tertiary/aromatic N) is 2. The Balaban J connectivity index is 1.21. The number of aromatic nitrogens is 2. The summed E-state index contributed by atoms with van der Waals surface area (Å²) in [5.74, 6) is 0. The van der Waals surface area contributed by atoms with E-state index in [0.29, 0.717) is 0 Å². The molecule has 210 valence electrons. The highest BCUT2D eigenvalue weighted by Gasteiger charge is 2.19.